The van der Waals surface area contributed by atoms with Crippen molar-refractivity contribution in [2.24, 2.45) is 5.92 Å². The molecular formula is C13H18N2O4. The van der Waals surface area contributed by atoms with Crippen molar-refractivity contribution in [1.82, 2.24) is 4.98 Å². The van der Waals surface area contributed by atoms with Crippen molar-refractivity contribution < 1.29 is 19.4 Å². The minimum absolute atomic E-state index is 0.0631. The lowest BCUT2D eigenvalue weighted by Gasteiger charge is -2.23. The monoisotopic (exact) mass is 266 g/mol. The van der Waals surface area contributed by atoms with Gasteiger partial charge in [-0.15, -0.1) is 0 Å². The van der Waals surface area contributed by atoms with E-state index >= 15 is 0 Å². The molecule has 104 valence electrons. The van der Waals surface area contributed by atoms with Gasteiger partial charge in [0.05, 0.1) is 5.92 Å². The maximum absolute atomic E-state index is 12.0. The molecule has 0 aliphatic rings. The average molecular weight is 266 g/mol. The molecule has 1 aromatic rings. The summed E-state index contributed by atoms with van der Waals surface area (Å²) in [5.41, 5.74) is 0.967. The zero-order chi connectivity index (χ0) is 14.4. The second-order valence-corrected chi connectivity index (χ2v) is 4.37. The summed E-state index contributed by atoms with van der Waals surface area (Å²) in [6.45, 7) is 3.39. The first kappa shape index (κ1) is 15.1. The van der Waals surface area contributed by atoms with Crippen LogP contribution in [-0.2, 0) is 14.3 Å². The number of carbonyl (C=O) groups excluding carboxylic acids is 1. The summed E-state index contributed by atoms with van der Waals surface area (Å²) < 4.78 is 4.81. The van der Waals surface area contributed by atoms with Crippen LogP contribution in [0.2, 0.25) is 0 Å². The molecular weight excluding hydrogens is 248 g/mol. The minimum atomic E-state index is -0.956. The molecule has 0 aliphatic heterocycles. The molecule has 0 bridgehead atoms. The maximum Gasteiger partial charge on any atom is 0.308 e. The normalized spacial score (nSPS) is 11.9. The molecule has 1 rings (SSSR count). The van der Waals surface area contributed by atoms with Crippen molar-refractivity contribution in [1.29, 1.82) is 0 Å². The molecule has 0 fully saturated rings. The highest BCUT2D eigenvalue weighted by molar-refractivity contribution is 5.94. The van der Waals surface area contributed by atoms with Gasteiger partial charge in [0.15, 0.2) is 0 Å². The number of nitrogens with zero attached hydrogens (tertiary/aromatic N) is 2. The first-order chi connectivity index (χ1) is 8.95. The molecule has 1 amide bonds. The van der Waals surface area contributed by atoms with Crippen molar-refractivity contribution >= 4 is 17.7 Å². The van der Waals surface area contributed by atoms with E-state index in [1.54, 1.807) is 19.2 Å². The Morgan fingerprint density at radius 2 is 2.16 bits per heavy atom. The van der Waals surface area contributed by atoms with Gasteiger partial charge in [0.2, 0.25) is 0 Å². The number of carboxylic acid groups (broad SMARTS) is 1. The third-order valence-corrected chi connectivity index (χ3v) is 2.62. The SMILES string of the molecule is COCC(=O)N(CC(C)C(=O)O)c1ccc(C)cn1. The van der Waals surface area contributed by atoms with Gasteiger partial charge in [0, 0.05) is 19.9 Å². The molecule has 1 aromatic heterocycles. The quantitative estimate of drug-likeness (QED) is 0.833. The van der Waals surface area contributed by atoms with E-state index in [1.165, 1.54) is 12.0 Å². The van der Waals surface area contributed by atoms with Gasteiger partial charge in [-0.3, -0.25) is 14.5 Å². The summed E-state index contributed by atoms with van der Waals surface area (Å²) in [7, 11) is 1.42. The first-order valence-electron chi connectivity index (χ1n) is 5.90. The topological polar surface area (TPSA) is 79.7 Å². The Morgan fingerprint density at radius 1 is 1.47 bits per heavy atom. The number of carboxylic acids is 1. The summed E-state index contributed by atoms with van der Waals surface area (Å²) in [6.07, 6.45) is 1.63. The number of rotatable bonds is 6. The van der Waals surface area contributed by atoms with Gasteiger partial charge in [0.25, 0.3) is 5.91 Å². The Labute approximate surface area is 112 Å². The molecule has 1 heterocycles. The summed E-state index contributed by atoms with van der Waals surface area (Å²) in [4.78, 5) is 28.4. The van der Waals surface area contributed by atoms with Gasteiger partial charge in [-0.05, 0) is 18.6 Å². The number of hydrogen-bond donors (Lipinski definition) is 1. The third-order valence-electron chi connectivity index (χ3n) is 2.62. The van der Waals surface area contributed by atoms with Gasteiger partial charge in [-0.1, -0.05) is 13.0 Å². The molecule has 1 unspecified atom stereocenters. The summed E-state index contributed by atoms with van der Waals surface area (Å²) >= 11 is 0. The van der Waals surface area contributed by atoms with Crippen molar-refractivity contribution in [2.45, 2.75) is 13.8 Å². The van der Waals surface area contributed by atoms with E-state index in [4.69, 9.17) is 9.84 Å². The van der Waals surface area contributed by atoms with Crippen LogP contribution in [0.25, 0.3) is 0 Å². The fourth-order valence-corrected chi connectivity index (χ4v) is 1.50. The standard InChI is InChI=1S/C13H18N2O4/c1-9-4-5-11(14-6-9)15(12(16)8-19-3)7-10(2)13(17)18/h4-6,10H,7-8H2,1-3H3,(H,17,18). The number of amides is 1. The maximum atomic E-state index is 12.0. The molecule has 0 aromatic carbocycles. The highest BCUT2D eigenvalue weighted by atomic mass is 16.5. The van der Waals surface area contributed by atoms with Crippen LogP contribution < -0.4 is 4.90 Å². The van der Waals surface area contributed by atoms with Crippen molar-refractivity contribution in [3.05, 3.63) is 23.9 Å². The van der Waals surface area contributed by atoms with Crippen LogP contribution in [-0.4, -0.2) is 42.2 Å². The van der Waals surface area contributed by atoms with E-state index in [0.29, 0.717) is 5.82 Å². The van der Waals surface area contributed by atoms with Crippen LogP contribution in [0.1, 0.15) is 12.5 Å². The molecule has 0 radical (unpaired) electrons. The Bertz CT molecular complexity index is 444. The number of pyridine rings is 1. The van der Waals surface area contributed by atoms with Crippen molar-refractivity contribution in [3.63, 3.8) is 0 Å². The van der Waals surface area contributed by atoms with Crippen LogP contribution in [0, 0.1) is 12.8 Å². The van der Waals surface area contributed by atoms with E-state index in [0.717, 1.165) is 5.56 Å². The number of aromatic nitrogens is 1. The number of hydrogen-bond acceptors (Lipinski definition) is 4. The van der Waals surface area contributed by atoms with E-state index in [2.05, 4.69) is 4.98 Å². The van der Waals surface area contributed by atoms with Gasteiger partial charge >= 0.3 is 5.97 Å². The van der Waals surface area contributed by atoms with E-state index in [1.807, 2.05) is 13.0 Å². The van der Waals surface area contributed by atoms with Gasteiger partial charge in [-0.25, -0.2) is 4.98 Å². The fourth-order valence-electron chi connectivity index (χ4n) is 1.50. The van der Waals surface area contributed by atoms with Crippen molar-refractivity contribution in [3.8, 4) is 0 Å². The molecule has 19 heavy (non-hydrogen) atoms. The minimum Gasteiger partial charge on any atom is -0.481 e. The third kappa shape index (κ3) is 4.33. The molecule has 6 heteroatoms. The number of anilines is 1. The number of aryl methyl sites for hydroxylation is 1. The Morgan fingerprint density at radius 3 is 2.63 bits per heavy atom. The average Bonchev–Trinajstić information content (AvgIpc) is 2.37. The first-order valence-corrected chi connectivity index (χ1v) is 5.90. The second kappa shape index (κ2) is 6.84. The Balaban J connectivity index is 2.94. The largest absolute Gasteiger partial charge is 0.481 e. The molecule has 0 spiro atoms. The smallest absolute Gasteiger partial charge is 0.308 e. The predicted molar refractivity (Wildman–Crippen MR) is 70.0 cm³/mol. The second-order valence-electron chi connectivity index (χ2n) is 4.37. The fraction of sp³-hybridized carbons (Fsp3) is 0.462. The van der Waals surface area contributed by atoms with Gasteiger partial charge in [-0.2, -0.15) is 0 Å². The highest BCUT2D eigenvalue weighted by Gasteiger charge is 2.22. The molecule has 1 N–H and O–H groups in total. The molecule has 6 nitrogen and oxygen atoms in total. The molecule has 0 saturated carbocycles. The zero-order valence-corrected chi connectivity index (χ0v) is 11.3. The van der Waals surface area contributed by atoms with Crippen LogP contribution >= 0.6 is 0 Å². The summed E-state index contributed by atoms with van der Waals surface area (Å²) in [5, 5.41) is 8.94. The van der Waals surface area contributed by atoms with E-state index < -0.39 is 11.9 Å². The number of carbonyl (C=O) groups is 2. The van der Waals surface area contributed by atoms with Crippen LogP contribution in [0.4, 0.5) is 5.82 Å². The predicted octanol–water partition coefficient (Wildman–Crippen LogP) is 1.09. The van der Waals surface area contributed by atoms with E-state index in [9.17, 15) is 9.59 Å². The summed E-state index contributed by atoms with van der Waals surface area (Å²) in [5.74, 6) is -1.51. The van der Waals surface area contributed by atoms with E-state index in [-0.39, 0.29) is 19.1 Å². The summed E-state index contributed by atoms with van der Waals surface area (Å²) in [6, 6.07) is 3.51. The number of aliphatic carboxylic acids is 1. The lowest BCUT2D eigenvalue weighted by molar-refractivity contribution is -0.140. The lowest BCUT2D eigenvalue weighted by atomic mass is 10.1. The van der Waals surface area contributed by atoms with Gasteiger partial charge in [0.1, 0.15) is 12.4 Å². The van der Waals surface area contributed by atoms with Crippen LogP contribution in [0.3, 0.4) is 0 Å². The molecule has 1 atom stereocenters. The molecule has 0 saturated heterocycles. The molecule has 0 aliphatic carbocycles. The Hall–Kier alpha value is -1.95. The zero-order valence-electron chi connectivity index (χ0n) is 11.3. The van der Waals surface area contributed by atoms with Crippen molar-refractivity contribution in [2.75, 3.05) is 25.2 Å². The van der Waals surface area contributed by atoms with Gasteiger partial charge < -0.3 is 9.84 Å². The number of ether oxygens (including phenoxy) is 1. The van der Waals surface area contributed by atoms with Crippen LogP contribution in [0.15, 0.2) is 18.3 Å². The Kier molecular flexibility index (Phi) is 5.44. The highest BCUT2D eigenvalue weighted by Crippen LogP contribution is 2.14. The lowest BCUT2D eigenvalue weighted by Crippen LogP contribution is -2.39. The van der Waals surface area contributed by atoms with Crippen LogP contribution in [0.5, 0.6) is 0 Å². The number of methoxy groups -OCH3 is 1.